The summed E-state index contributed by atoms with van der Waals surface area (Å²) >= 11 is 0. The van der Waals surface area contributed by atoms with Gasteiger partial charge in [-0.2, -0.15) is 0 Å². The standard InChI is InChI=1S/C9H16O7S.Rb/c1-2-9(10)16-6-5-14-3-4-15-7-8-17(11,12)13;/h2H,1,3-8H2,(H,11,12,13);/q;+1/p-1. The topological polar surface area (TPSA) is 102 Å². The summed E-state index contributed by atoms with van der Waals surface area (Å²) < 4.78 is 45.0. The number of hydrogen-bond acceptors (Lipinski definition) is 7. The van der Waals surface area contributed by atoms with Gasteiger partial charge in [0.2, 0.25) is 0 Å². The number of esters is 1. The van der Waals surface area contributed by atoms with Gasteiger partial charge in [-0.15, -0.1) is 0 Å². The number of rotatable bonds is 10. The van der Waals surface area contributed by atoms with Crippen molar-refractivity contribution in [1.82, 2.24) is 0 Å². The van der Waals surface area contributed by atoms with Crippen molar-refractivity contribution < 1.29 is 90.2 Å². The molecule has 0 aromatic carbocycles. The zero-order valence-corrected chi connectivity index (χ0v) is 16.0. The Morgan fingerprint density at radius 3 is 2.11 bits per heavy atom. The molecule has 18 heavy (non-hydrogen) atoms. The van der Waals surface area contributed by atoms with E-state index in [1.54, 1.807) is 0 Å². The van der Waals surface area contributed by atoms with Gasteiger partial charge in [0.25, 0.3) is 0 Å². The number of carbonyl (C=O) groups is 1. The Bertz CT molecular complexity index is 328. The van der Waals surface area contributed by atoms with Crippen LogP contribution in [0, 0.1) is 0 Å². The van der Waals surface area contributed by atoms with E-state index in [1.807, 2.05) is 0 Å². The van der Waals surface area contributed by atoms with E-state index in [-0.39, 0.29) is 91.2 Å². The van der Waals surface area contributed by atoms with Crippen LogP contribution in [0.3, 0.4) is 0 Å². The second kappa shape index (κ2) is 12.9. The van der Waals surface area contributed by atoms with Gasteiger partial charge in [0.05, 0.1) is 42.3 Å². The third-order valence-electron chi connectivity index (χ3n) is 1.49. The van der Waals surface area contributed by atoms with Crippen molar-refractivity contribution in [2.45, 2.75) is 0 Å². The Morgan fingerprint density at radius 1 is 1.11 bits per heavy atom. The van der Waals surface area contributed by atoms with Crippen LogP contribution >= 0.6 is 0 Å². The van der Waals surface area contributed by atoms with E-state index >= 15 is 0 Å². The molecule has 0 aliphatic rings. The minimum atomic E-state index is -4.22. The molecule has 0 saturated carbocycles. The molecule has 0 spiro atoms. The zero-order valence-electron chi connectivity index (χ0n) is 10.3. The molecule has 0 fully saturated rings. The van der Waals surface area contributed by atoms with Gasteiger partial charge in [0, 0.05) is 6.08 Å². The van der Waals surface area contributed by atoms with Crippen LogP contribution in [0.25, 0.3) is 0 Å². The molecular formula is C9H15O7RbS. The van der Waals surface area contributed by atoms with E-state index in [0.29, 0.717) is 0 Å². The summed E-state index contributed by atoms with van der Waals surface area (Å²) in [6.07, 6.45) is 1.05. The van der Waals surface area contributed by atoms with E-state index in [4.69, 9.17) is 9.47 Å². The van der Waals surface area contributed by atoms with Crippen LogP contribution in [0.4, 0.5) is 0 Å². The van der Waals surface area contributed by atoms with Crippen LogP contribution in [-0.4, -0.2) is 57.7 Å². The van der Waals surface area contributed by atoms with Gasteiger partial charge in [0.1, 0.15) is 6.61 Å². The van der Waals surface area contributed by atoms with Gasteiger partial charge in [-0.1, -0.05) is 6.58 Å². The van der Waals surface area contributed by atoms with Gasteiger partial charge < -0.3 is 18.8 Å². The van der Waals surface area contributed by atoms with Crippen LogP contribution in [0.2, 0.25) is 0 Å². The molecule has 0 atom stereocenters. The maximum Gasteiger partial charge on any atom is 1.00 e. The molecule has 0 radical (unpaired) electrons. The normalized spacial score (nSPS) is 10.5. The maximum atomic E-state index is 10.6. The molecule has 0 aliphatic carbocycles. The van der Waals surface area contributed by atoms with Gasteiger partial charge in [-0.05, 0) is 0 Å². The van der Waals surface area contributed by atoms with Crippen LogP contribution in [0.5, 0.6) is 0 Å². The molecule has 0 aromatic rings. The summed E-state index contributed by atoms with van der Waals surface area (Å²) in [5.74, 6) is -1.07. The van der Waals surface area contributed by atoms with Crippen molar-refractivity contribution in [3.63, 3.8) is 0 Å². The average Bonchev–Trinajstić information content (AvgIpc) is 2.25. The average molecular weight is 353 g/mol. The predicted octanol–water partition coefficient (Wildman–Crippen LogP) is -3.70. The fourth-order valence-corrected chi connectivity index (χ4v) is 1.07. The third-order valence-corrected chi connectivity index (χ3v) is 2.16. The molecule has 7 nitrogen and oxygen atoms in total. The molecule has 0 bridgehead atoms. The van der Waals surface area contributed by atoms with Crippen molar-refractivity contribution in [2.24, 2.45) is 0 Å². The molecule has 0 aromatic heterocycles. The molecule has 0 N–H and O–H groups in total. The smallest absolute Gasteiger partial charge is 0.748 e. The molecule has 9 heteroatoms. The molecule has 0 saturated heterocycles. The molecular weight excluding hydrogens is 338 g/mol. The van der Waals surface area contributed by atoms with E-state index in [1.165, 1.54) is 0 Å². The Morgan fingerprint density at radius 2 is 1.61 bits per heavy atom. The summed E-state index contributed by atoms with van der Waals surface area (Å²) in [5.41, 5.74) is 0. The molecule has 0 aliphatic heterocycles. The first-order chi connectivity index (χ1) is 7.95. The Balaban J connectivity index is 0. The van der Waals surface area contributed by atoms with Gasteiger partial charge in [0.15, 0.2) is 0 Å². The fourth-order valence-electron chi connectivity index (χ4n) is 0.743. The minimum Gasteiger partial charge on any atom is -0.748 e. The summed E-state index contributed by atoms with van der Waals surface area (Å²) in [4.78, 5) is 10.6. The van der Waals surface area contributed by atoms with Gasteiger partial charge >= 0.3 is 64.2 Å². The SMILES string of the molecule is C=CC(=O)OCCOCCOCCS(=O)(=O)[O-].[Rb+]. The first-order valence-electron chi connectivity index (χ1n) is 4.84. The number of hydrogen-bond donors (Lipinski definition) is 0. The molecule has 100 valence electrons. The second-order valence-corrected chi connectivity index (χ2v) is 4.38. The summed E-state index contributed by atoms with van der Waals surface area (Å²) in [7, 11) is -4.22. The van der Waals surface area contributed by atoms with Crippen LogP contribution in [0.1, 0.15) is 0 Å². The Kier molecular flexibility index (Phi) is 15.1. The molecule has 0 unspecified atom stereocenters. The number of ether oxygens (including phenoxy) is 3. The third kappa shape index (κ3) is 16.8. The van der Waals surface area contributed by atoms with Crippen molar-refractivity contribution in [3.8, 4) is 0 Å². The van der Waals surface area contributed by atoms with E-state index in [2.05, 4.69) is 11.3 Å². The largest absolute Gasteiger partial charge is 1.00 e. The molecule has 0 rings (SSSR count). The minimum absolute atomic E-state index is 0. The van der Waals surface area contributed by atoms with Crippen molar-refractivity contribution >= 4 is 16.1 Å². The van der Waals surface area contributed by atoms with Crippen LogP contribution in [-0.2, 0) is 29.1 Å². The zero-order chi connectivity index (χ0) is 13.1. The number of carbonyl (C=O) groups excluding carboxylic acids is 1. The maximum absolute atomic E-state index is 10.6. The van der Waals surface area contributed by atoms with Crippen molar-refractivity contribution in [1.29, 1.82) is 0 Å². The summed E-state index contributed by atoms with van der Waals surface area (Å²) in [6, 6.07) is 0. The molecule has 0 amide bonds. The van der Waals surface area contributed by atoms with Crippen molar-refractivity contribution in [3.05, 3.63) is 12.7 Å². The molecule has 0 heterocycles. The van der Waals surface area contributed by atoms with E-state index in [9.17, 15) is 17.8 Å². The van der Waals surface area contributed by atoms with Crippen LogP contribution in [0.15, 0.2) is 12.7 Å². The second-order valence-electron chi connectivity index (χ2n) is 2.86. The van der Waals surface area contributed by atoms with Crippen molar-refractivity contribution in [2.75, 3.05) is 38.8 Å². The first-order valence-corrected chi connectivity index (χ1v) is 6.41. The van der Waals surface area contributed by atoms with E-state index < -0.39 is 21.8 Å². The van der Waals surface area contributed by atoms with Gasteiger partial charge in [-0.25, -0.2) is 13.2 Å². The first kappa shape index (κ1) is 21.1. The Hall–Kier alpha value is 0.845. The van der Waals surface area contributed by atoms with Gasteiger partial charge in [-0.3, -0.25) is 0 Å². The van der Waals surface area contributed by atoms with E-state index in [0.717, 1.165) is 6.08 Å². The fraction of sp³-hybridized carbons (Fsp3) is 0.667. The predicted molar refractivity (Wildman–Crippen MR) is 57.4 cm³/mol. The summed E-state index contributed by atoms with van der Waals surface area (Å²) in [6.45, 7) is 3.79. The van der Waals surface area contributed by atoms with Crippen LogP contribution < -0.4 is 58.2 Å². The summed E-state index contributed by atoms with van der Waals surface area (Å²) in [5, 5.41) is 0. The Labute approximate surface area is 155 Å². The monoisotopic (exact) mass is 352 g/mol. The quantitative estimate of drug-likeness (QED) is 0.172.